The minimum atomic E-state index is -0.706. The Kier molecular flexibility index (Phi) is 3.76. The molecular formula is C14H19N3O2S. The van der Waals surface area contributed by atoms with Gasteiger partial charge in [0.2, 0.25) is 5.91 Å². The van der Waals surface area contributed by atoms with Crippen LogP contribution in [0.25, 0.3) is 4.96 Å². The topological polar surface area (TPSA) is 66.6 Å². The van der Waals surface area contributed by atoms with E-state index in [0.717, 1.165) is 36.3 Å². The molecule has 5 nitrogen and oxygen atoms in total. The summed E-state index contributed by atoms with van der Waals surface area (Å²) >= 11 is 1.55. The summed E-state index contributed by atoms with van der Waals surface area (Å²) in [7, 11) is 0. The van der Waals surface area contributed by atoms with Crippen LogP contribution in [0.5, 0.6) is 0 Å². The van der Waals surface area contributed by atoms with E-state index in [1.54, 1.807) is 11.3 Å². The molecule has 0 unspecified atom stereocenters. The van der Waals surface area contributed by atoms with E-state index in [2.05, 4.69) is 10.3 Å². The van der Waals surface area contributed by atoms with Crippen LogP contribution in [-0.4, -0.2) is 32.5 Å². The number of carbonyl (C=O) groups excluding carboxylic acids is 1. The average molecular weight is 293 g/mol. The number of amides is 1. The quantitative estimate of drug-likeness (QED) is 0.902. The second kappa shape index (κ2) is 5.54. The first kappa shape index (κ1) is 13.6. The van der Waals surface area contributed by atoms with Gasteiger partial charge in [-0.25, -0.2) is 4.98 Å². The lowest BCUT2D eigenvalue weighted by Crippen LogP contribution is -2.44. The number of aliphatic hydroxyl groups is 1. The maximum Gasteiger partial charge on any atom is 0.226 e. The molecule has 1 fully saturated rings. The molecule has 0 aromatic carbocycles. The van der Waals surface area contributed by atoms with E-state index in [0.29, 0.717) is 6.54 Å². The molecule has 1 aliphatic carbocycles. The zero-order chi connectivity index (χ0) is 14.0. The second-order valence-corrected chi connectivity index (χ2v) is 6.44. The fraction of sp³-hybridized carbons (Fsp3) is 0.571. The molecule has 6 heteroatoms. The van der Waals surface area contributed by atoms with Crippen LogP contribution < -0.4 is 5.32 Å². The largest absolute Gasteiger partial charge is 0.388 e. The van der Waals surface area contributed by atoms with Gasteiger partial charge in [0.25, 0.3) is 0 Å². The standard InChI is InChI=1S/C14H19N3O2S/c18-12(15-10-14(19)4-2-1-3-5-14)8-11-9-17-6-7-20-13(17)16-11/h6-7,9,19H,1-5,8,10H2,(H,15,18). The van der Waals surface area contributed by atoms with Crippen molar-refractivity contribution in [3.8, 4) is 0 Å². The number of hydrogen-bond donors (Lipinski definition) is 2. The lowest BCUT2D eigenvalue weighted by molar-refractivity contribution is -0.122. The zero-order valence-corrected chi connectivity index (χ0v) is 12.2. The summed E-state index contributed by atoms with van der Waals surface area (Å²) < 4.78 is 1.92. The third-order valence-corrected chi connectivity index (χ3v) is 4.65. The molecule has 2 aromatic heterocycles. The number of nitrogens with zero attached hydrogens (tertiary/aromatic N) is 2. The summed E-state index contributed by atoms with van der Waals surface area (Å²) in [5.74, 6) is -0.0743. The highest BCUT2D eigenvalue weighted by Crippen LogP contribution is 2.27. The van der Waals surface area contributed by atoms with Gasteiger partial charge in [-0.05, 0) is 12.8 Å². The van der Waals surface area contributed by atoms with Crippen molar-refractivity contribution in [2.45, 2.75) is 44.1 Å². The van der Waals surface area contributed by atoms with Crippen LogP contribution in [0.3, 0.4) is 0 Å². The van der Waals surface area contributed by atoms with Gasteiger partial charge in [0.15, 0.2) is 4.96 Å². The SMILES string of the molecule is O=C(Cc1cn2ccsc2n1)NCC1(O)CCCCC1. The molecule has 0 saturated heterocycles. The van der Waals surface area contributed by atoms with Gasteiger partial charge < -0.3 is 10.4 Å². The van der Waals surface area contributed by atoms with Crippen LogP contribution in [0.1, 0.15) is 37.8 Å². The first-order valence-corrected chi connectivity index (χ1v) is 7.93. The maximum atomic E-state index is 11.9. The first-order chi connectivity index (χ1) is 9.65. The molecule has 0 spiro atoms. The Hall–Kier alpha value is -1.40. The van der Waals surface area contributed by atoms with Crippen molar-refractivity contribution in [3.63, 3.8) is 0 Å². The van der Waals surface area contributed by atoms with Crippen molar-refractivity contribution in [2.75, 3.05) is 6.54 Å². The minimum Gasteiger partial charge on any atom is -0.388 e. The number of thiazole rings is 1. The second-order valence-electron chi connectivity index (χ2n) is 5.56. The van der Waals surface area contributed by atoms with E-state index in [9.17, 15) is 9.90 Å². The molecule has 1 aliphatic rings. The van der Waals surface area contributed by atoms with Crippen LogP contribution >= 0.6 is 11.3 Å². The summed E-state index contributed by atoms with van der Waals surface area (Å²) in [4.78, 5) is 17.2. The number of hydrogen-bond acceptors (Lipinski definition) is 4. The number of aromatic nitrogens is 2. The Morgan fingerprint density at radius 3 is 3.00 bits per heavy atom. The smallest absolute Gasteiger partial charge is 0.226 e. The summed E-state index contributed by atoms with van der Waals surface area (Å²) in [6.45, 7) is 0.355. The molecule has 0 bridgehead atoms. The Morgan fingerprint density at radius 2 is 2.25 bits per heavy atom. The third kappa shape index (κ3) is 3.02. The van der Waals surface area contributed by atoms with Crippen molar-refractivity contribution in [3.05, 3.63) is 23.5 Å². The van der Waals surface area contributed by atoms with Gasteiger partial charge in [-0.3, -0.25) is 9.20 Å². The van der Waals surface area contributed by atoms with Gasteiger partial charge >= 0.3 is 0 Å². The van der Waals surface area contributed by atoms with Gasteiger partial charge in [0.05, 0.1) is 17.7 Å². The predicted octanol–water partition coefficient (Wildman–Crippen LogP) is 1.75. The molecular weight excluding hydrogens is 274 g/mol. The summed E-state index contributed by atoms with van der Waals surface area (Å²) in [6.07, 6.45) is 8.92. The number of rotatable bonds is 4. The van der Waals surface area contributed by atoms with E-state index in [1.165, 1.54) is 6.42 Å². The highest BCUT2D eigenvalue weighted by atomic mass is 32.1. The summed E-state index contributed by atoms with van der Waals surface area (Å²) in [5, 5.41) is 15.1. The van der Waals surface area contributed by atoms with Crippen molar-refractivity contribution in [1.29, 1.82) is 0 Å². The number of carbonyl (C=O) groups is 1. The van der Waals surface area contributed by atoms with Crippen LogP contribution in [-0.2, 0) is 11.2 Å². The normalized spacial score (nSPS) is 18.2. The molecule has 3 rings (SSSR count). The van der Waals surface area contributed by atoms with Gasteiger partial charge in [0.1, 0.15) is 0 Å². The van der Waals surface area contributed by atoms with Crippen molar-refractivity contribution < 1.29 is 9.90 Å². The minimum absolute atomic E-state index is 0.0743. The van der Waals surface area contributed by atoms with Gasteiger partial charge in [0, 0.05) is 24.3 Å². The van der Waals surface area contributed by atoms with E-state index in [-0.39, 0.29) is 12.3 Å². The van der Waals surface area contributed by atoms with Crippen molar-refractivity contribution >= 4 is 22.2 Å². The monoisotopic (exact) mass is 293 g/mol. The predicted molar refractivity (Wildman–Crippen MR) is 77.8 cm³/mol. The Balaban J connectivity index is 1.53. The Morgan fingerprint density at radius 1 is 1.45 bits per heavy atom. The Labute approximate surface area is 121 Å². The molecule has 1 amide bonds. The van der Waals surface area contributed by atoms with Crippen LogP contribution in [0.15, 0.2) is 17.8 Å². The highest BCUT2D eigenvalue weighted by Gasteiger charge is 2.29. The molecule has 1 saturated carbocycles. The molecule has 108 valence electrons. The van der Waals surface area contributed by atoms with Gasteiger partial charge in [-0.2, -0.15) is 0 Å². The van der Waals surface area contributed by atoms with Gasteiger partial charge in [-0.15, -0.1) is 11.3 Å². The number of nitrogens with one attached hydrogen (secondary N) is 1. The highest BCUT2D eigenvalue weighted by molar-refractivity contribution is 7.15. The number of fused-ring (bicyclic) bond motifs is 1. The van der Waals surface area contributed by atoms with Crippen LogP contribution in [0.2, 0.25) is 0 Å². The van der Waals surface area contributed by atoms with Crippen molar-refractivity contribution in [1.82, 2.24) is 14.7 Å². The summed E-state index contributed by atoms with van der Waals surface area (Å²) in [5.41, 5.74) is 0.0626. The van der Waals surface area contributed by atoms with E-state index in [4.69, 9.17) is 0 Å². The third-order valence-electron chi connectivity index (χ3n) is 3.88. The lowest BCUT2D eigenvalue weighted by atomic mass is 9.85. The molecule has 0 radical (unpaired) electrons. The molecule has 2 N–H and O–H groups in total. The fourth-order valence-electron chi connectivity index (χ4n) is 2.74. The summed E-state index contributed by atoms with van der Waals surface area (Å²) in [6, 6.07) is 0. The lowest BCUT2D eigenvalue weighted by Gasteiger charge is -2.32. The van der Waals surface area contributed by atoms with E-state index >= 15 is 0 Å². The van der Waals surface area contributed by atoms with Crippen LogP contribution in [0.4, 0.5) is 0 Å². The maximum absolute atomic E-state index is 11.9. The van der Waals surface area contributed by atoms with E-state index in [1.807, 2.05) is 22.2 Å². The molecule has 20 heavy (non-hydrogen) atoms. The average Bonchev–Trinajstić information content (AvgIpc) is 2.98. The molecule has 2 heterocycles. The molecule has 0 atom stereocenters. The molecule has 2 aromatic rings. The molecule has 0 aliphatic heterocycles. The first-order valence-electron chi connectivity index (χ1n) is 7.05. The number of imidazole rings is 1. The zero-order valence-electron chi connectivity index (χ0n) is 11.3. The van der Waals surface area contributed by atoms with Crippen LogP contribution in [0, 0.1) is 0 Å². The van der Waals surface area contributed by atoms with Crippen molar-refractivity contribution in [2.24, 2.45) is 0 Å². The van der Waals surface area contributed by atoms with E-state index < -0.39 is 5.60 Å². The Bertz CT molecular complexity index is 570. The van der Waals surface area contributed by atoms with Gasteiger partial charge in [-0.1, -0.05) is 19.3 Å². The fourth-order valence-corrected chi connectivity index (χ4v) is 3.46.